The number of fused-ring (bicyclic) bond motifs is 9. The summed E-state index contributed by atoms with van der Waals surface area (Å²) in [5, 5.41) is 10.4. The lowest BCUT2D eigenvalue weighted by Gasteiger charge is -2.28. The van der Waals surface area contributed by atoms with Gasteiger partial charge in [-0.1, -0.05) is 18.2 Å². The van der Waals surface area contributed by atoms with Crippen molar-refractivity contribution in [3.8, 4) is 0 Å². The van der Waals surface area contributed by atoms with E-state index in [1.54, 1.807) is 0 Å². The number of hydrogen-bond acceptors (Lipinski definition) is 4. The molecule has 11 rings (SSSR count). The Kier molecular flexibility index (Phi) is 9.96. The van der Waals surface area contributed by atoms with Crippen LogP contribution in [0.5, 0.6) is 0 Å². The van der Waals surface area contributed by atoms with Gasteiger partial charge in [0.2, 0.25) is 0 Å². The molecule has 0 unspecified atom stereocenters. The molecule has 2 nitrogen and oxygen atoms in total. The zero-order valence-electron chi connectivity index (χ0n) is 40.3. The van der Waals surface area contributed by atoms with Gasteiger partial charge in [-0.3, -0.25) is 0 Å². The Bertz CT molecular complexity index is 3650. The zero-order chi connectivity index (χ0) is 46.0. The third-order valence-electron chi connectivity index (χ3n) is 15.2. The van der Waals surface area contributed by atoms with Crippen LogP contribution in [0.2, 0.25) is 0 Å². The van der Waals surface area contributed by atoms with Gasteiger partial charge in [-0.15, -0.1) is 22.7 Å². The highest BCUT2D eigenvalue weighted by Crippen LogP contribution is 2.48. The lowest BCUT2D eigenvalue weighted by molar-refractivity contribution is 1.19. The maximum Gasteiger partial charge on any atom is 0.0468 e. The molecule has 2 aromatic heterocycles. The van der Waals surface area contributed by atoms with Gasteiger partial charge >= 0.3 is 0 Å². The minimum Gasteiger partial charge on any atom is -0.310 e. The second-order valence-electron chi connectivity index (χ2n) is 19.3. The van der Waals surface area contributed by atoms with Gasteiger partial charge in [0.05, 0.1) is 0 Å². The summed E-state index contributed by atoms with van der Waals surface area (Å²) >= 11 is 3.86. The molecule has 0 atom stereocenters. The Morgan fingerprint density at radius 1 is 0.273 bits per heavy atom. The van der Waals surface area contributed by atoms with E-state index in [0.717, 1.165) is 0 Å². The molecule has 0 fully saturated rings. The zero-order valence-corrected chi connectivity index (χ0v) is 41.9. The number of hydrogen-bond donors (Lipinski definition) is 0. The summed E-state index contributed by atoms with van der Waals surface area (Å²) in [4.78, 5) is 4.90. The van der Waals surface area contributed by atoms with Gasteiger partial charge in [-0.2, -0.15) is 0 Å². The van der Waals surface area contributed by atoms with Crippen molar-refractivity contribution in [3.05, 3.63) is 188 Å². The van der Waals surface area contributed by atoms with Crippen LogP contribution < -0.4 is 9.80 Å². The quantitative estimate of drug-likeness (QED) is 0.164. The second-order valence-corrected chi connectivity index (χ2v) is 21.4. The highest BCUT2D eigenvalue weighted by Gasteiger charge is 2.21. The average molecular weight is 893 g/mol. The first-order valence-corrected chi connectivity index (χ1v) is 24.9. The Morgan fingerprint density at radius 2 is 0.636 bits per heavy atom. The molecule has 0 bridgehead atoms. The highest BCUT2D eigenvalue weighted by molar-refractivity contribution is 7.29. The summed E-state index contributed by atoms with van der Waals surface area (Å²) in [7, 11) is 0. The van der Waals surface area contributed by atoms with Gasteiger partial charge in [-0.25, -0.2) is 0 Å². The smallest absolute Gasteiger partial charge is 0.0468 e. The number of anilines is 6. The van der Waals surface area contributed by atoms with Gasteiger partial charge in [0.15, 0.2) is 0 Å². The van der Waals surface area contributed by atoms with Crippen LogP contribution in [0.25, 0.3) is 61.9 Å². The maximum absolute atomic E-state index is 2.45. The van der Waals surface area contributed by atoms with Crippen LogP contribution in [0.3, 0.4) is 0 Å². The molecule has 326 valence electrons. The van der Waals surface area contributed by atoms with Crippen molar-refractivity contribution in [2.45, 2.75) is 83.1 Å². The molecule has 0 aliphatic carbocycles. The molecule has 0 amide bonds. The van der Waals surface area contributed by atoms with E-state index in [-0.39, 0.29) is 0 Å². The van der Waals surface area contributed by atoms with Gasteiger partial charge in [0, 0.05) is 74.5 Å². The predicted octanol–water partition coefficient (Wildman–Crippen LogP) is 19.4. The average Bonchev–Trinajstić information content (AvgIpc) is 3.83. The fourth-order valence-corrected chi connectivity index (χ4v) is 12.8. The third-order valence-corrected chi connectivity index (χ3v) is 17.5. The Morgan fingerprint density at radius 3 is 1.03 bits per heavy atom. The van der Waals surface area contributed by atoms with Crippen LogP contribution in [0.1, 0.15) is 66.8 Å². The van der Waals surface area contributed by atoms with Crippen molar-refractivity contribution in [1.82, 2.24) is 0 Å². The second kappa shape index (κ2) is 15.6. The SMILES string of the molecule is Cc1cc(N(c2cc(C)c(C)c(C)c2)c2ccc3cc4c(cc3c2)sc2c4ccc3sc4cc5cc(N(c6cc(C)c(C)c(C)c6)c6cc(C)c(C)c(C)c6)ccc5cc4c32)cc(C)c1C. The summed E-state index contributed by atoms with van der Waals surface area (Å²) in [5.41, 5.74) is 23.0. The van der Waals surface area contributed by atoms with Crippen molar-refractivity contribution in [1.29, 1.82) is 0 Å². The number of nitrogens with zero attached hydrogens (tertiary/aromatic N) is 2. The van der Waals surface area contributed by atoms with E-state index >= 15 is 0 Å². The molecule has 0 aliphatic rings. The van der Waals surface area contributed by atoms with E-state index < -0.39 is 0 Å². The van der Waals surface area contributed by atoms with Crippen molar-refractivity contribution >= 4 is 119 Å². The number of rotatable bonds is 6. The third kappa shape index (κ3) is 6.79. The van der Waals surface area contributed by atoms with E-state index in [4.69, 9.17) is 0 Å². The normalized spacial score (nSPS) is 11.9. The molecule has 0 saturated heterocycles. The Labute approximate surface area is 397 Å². The first-order chi connectivity index (χ1) is 31.6. The van der Waals surface area contributed by atoms with E-state index in [9.17, 15) is 0 Å². The van der Waals surface area contributed by atoms with E-state index in [1.165, 1.54) is 163 Å². The van der Waals surface area contributed by atoms with Gasteiger partial charge in [-0.05, 0) is 275 Å². The summed E-state index contributed by atoms with van der Waals surface area (Å²) in [6.07, 6.45) is 0. The molecular formula is C62H56N2S2. The number of thiophene rings is 2. The molecular weight excluding hydrogens is 837 g/mol. The van der Waals surface area contributed by atoms with Crippen LogP contribution in [0.4, 0.5) is 34.1 Å². The van der Waals surface area contributed by atoms with Gasteiger partial charge in [0.25, 0.3) is 0 Å². The standard InChI is InChI=1S/C62H56N2S2/c1-33-19-51(20-34(2)41(33)9)63(52-21-35(3)42(10)36(4)22-52)49-15-13-45-29-56-55-17-18-58-61(62(55)66-59(56)31-47(45)27-49)57-30-46-14-16-50(28-48(46)32-60(57)65-58)64(53-23-37(5)43(11)38(6)24-53)54-25-39(7)44(12)40(8)26-54/h13-32H,1-12H3. The molecule has 0 saturated carbocycles. The maximum atomic E-state index is 2.45. The lowest BCUT2D eigenvalue weighted by atomic mass is 9.99. The van der Waals surface area contributed by atoms with Crippen molar-refractivity contribution in [2.75, 3.05) is 9.80 Å². The molecule has 0 aliphatic heterocycles. The monoisotopic (exact) mass is 892 g/mol. The molecule has 9 aromatic carbocycles. The van der Waals surface area contributed by atoms with Gasteiger partial charge in [0.1, 0.15) is 0 Å². The largest absolute Gasteiger partial charge is 0.310 e. The van der Waals surface area contributed by atoms with Crippen LogP contribution in [0.15, 0.2) is 121 Å². The van der Waals surface area contributed by atoms with Crippen molar-refractivity contribution in [3.63, 3.8) is 0 Å². The minimum atomic E-state index is 1.17. The predicted molar refractivity (Wildman–Crippen MR) is 293 cm³/mol. The molecule has 0 radical (unpaired) electrons. The Balaban J connectivity index is 1.04. The van der Waals surface area contributed by atoms with Gasteiger partial charge < -0.3 is 9.80 Å². The molecule has 11 aromatic rings. The van der Waals surface area contributed by atoms with Crippen LogP contribution in [0, 0.1) is 83.1 Å². The number of aryl methyl sites for hydroxylation is 8. The highest BCUT2D eigenvalue weighted by atomic mass is 32.1. The number of benzene rings is 9. The Hall–Kier alpha value is -6.46. The summed E-state index contributed by atoms with van der Waals surface area (Å²) in [6, 6.07) is 47.3. The topological polar surface area (TPSA) is 6.48 Å². The molecule has 66 heavy (non-hydrogen) atoms. The fourth-order valence-electron chi connectivity index (χ4n) is 10.3. The summed E-state index contributed by atoms with van der Waals surface area (Å²) < 4.78 is 5.37. The lowest BCUT2D eigenvalue weighted by Crippen LogP contribution is -2.12. The van der Waals surface area contributed by atoms with Crippen molar-refractivity contribution in [2.24, 2.45) is 0 Å². The summed E-state index contributed by atoms with van der Waals surface area (Å²) in [6.45, 7) is 26.8. The van der Waals surface area contributed by atoms with Crippen LogP contribution >= 0.6 is 22.7 Å². The minimum absolute atomic E-state index is 1.17. The first kappa shape index (κ1) is 42.2. The van der Waals surface area contributed by atoms with E-state index in [2.05, 4.69) is 214 Å². The molecule has 0 spiro atoms. The van der Waals surface area contributed by atoms with E-state index in [1.807, 2.05) is 22.7 Å². The van der Waals surface area contributed by atoms with Crippen LogP contribution in [-0.4, -0.2) is 0 Å². The molecule has 2 heterocycles. The van der Waals surface area contributed by atoms with Crippen molar-refractivity contribution < 1.29 is 0 Å². The first-order valence-electron chi connectivity index (χ1n) is 23.2. The van der Waals surface area contributed by atoms with Crippen LogP contribution in [-0.2, 0) is 0 Å². The molecule has 4 heteroatoms. The fraction of sp³-hybridized carbons (Fsp3) is 0.194. The summed E-state index contributed by atoms with van der Waals surface area (Å²) in [5.74, 6) is 0. The van der Waals surface area contributed by atoms with E-state index in [0.29, 0.717) is 0 Å². The molecule has 0 N–H and O–H groups in total.